The number of aliphatic hydroxyl groups is 1. The molecule has 2 unspecified atom stereocenters. The molecule has 0 bridgehead atoms. The van der Waals surface area contributed by atoms with Crippen molar-refractivity contribution in [3.8, 4) is 0 Å². The van der Waals surface area contributed by atoms with Crippen LogP contribution in [0.2, 0.25) is 0 Å². The molecule has 2 atom stereocenters. The summed E-state index contributed by atoms with van der Waals surface area (Å²) in [7, 11) is 1.54. The first-order valence-electron chi connectivity index (χ1n) is 5.41. The fourth-order valence-electron chi connectivity index (χ4n) is 2.12. The quantitative estimate of drug-likeness (QED) is 0.804. The zero-order chi connectivity index (χ0) is 12.4. The first-order chi connectivity index (χ1) is 8.13. The Morgan fingerprint density at radius 3 is 2.71 bits per heavy atom. The molecule has 0 aliphatic carbocycles. The Kier molecular flexibility index (Phi) is 3.31. The summed E-state index contributed by atoms with van der Waals surface area (Å²) in [5.74, 6) is -0.962. The van der Waals surface area contributed by atoms with E-state index in [-0.39, 0.29) is 11.7 Å². The Labute approximate surface area is 99.2 Å². The molecular formula is C12H15NO4. The summed E-state index contributed by atoms with van der Waals surface area (Å²) in [4.78, 5) is 12.9. The lowest BCUT2D eigenvalue weighted by Crippen LogP contribution is -2.25. The van der Waals surface area contributed by atoms with E-state index in [0.717, 1.165) is 0 Å². The number of anilines is 1. The minimum atomic E-state index is -0.962. The third kappa shape index (κ3) is 2.25. The second-order valence-electron chi connectivity index (χ2n) is 4.07. The first-order valence-corrected chi connectivity index (χ1v) is 5.41. The molecule has 5 nitrogen and oxygen atoms in total. The van der Waals surface area contributed by atoms with Crippen molar-refractivity contribution in [2.45, 2.75) is 12.2 Å². The molecule has 0 amide bonds. The zero-order valence-corrected chi connectivity index (χ0v) is 9.54. The smallest absolute Gasteiger partial charge is 0.337 e. The number of ether oxygens (including phenoxy) is 1. The van der Waals surface area contributed by atoms with E-state index in [0.29, 0.717) is 18.8 Å². The van der Waals surface area contributed by atoms with Crippen LogP contribution in [-0.4, -0.2) is 48.6 Å². The number of aliphatic hydroxyl groups excluding tert-OH is 1. The van der Waals surface area contributed by atoms with Gasteiger partial charge in [0, 0.05) is 20.2 Å². The number of aromatic carboxylic acids is 1. The number of benzene rings is 1. The van der Waals surface area contributed by atoms with Crippen molar-refractivity contribution < 1.29 is 19.7 Å². The van der Waals surface area contributed by atoms with E-state index in [4.69, 9.17) is 9.84 Å². The molecule has 1 aliphatic heterocycles. The van der Waals surface area contributed by atoms with Crippen molar-refractivity contribution in [2.75, 3.05) is 25.1 Å². The van der Waals surface area contributed by atoms with E-state index in [1.807, 2.05) is 4.90 Å². The third-order valence-corrected chi connectivity index (χ3v) is 3.01. The molecule has 0 aromatic heterocycles. The Morgan fingerprint density at radius 2 is 2.12 bits per heavy atom. The first kappa shape index (κ1) is 11.9. The molecule has 0 radical (unpaired) electrons. The van der Waals surface area contributed by atoms with Crippen molar-refractivity contribution >= 4 is 11.7 Å². The van der Waals surface area contributed by atoms with Gasteiger partial charge in [-0.2, -0.15) is 0 Å². The zero-order valence-electron chi connectivity index (χ0n) is 9.54. The van der Waals surface area contributed by atoms with Crippen molar-refractivity contribution in [1.29, 1.82) is 0 Å². The monoisotopic (exact) mass is 237 g/mol. The lowest BCUT2D eigenvalue weighted by Gasteiger charge is -2.19. The number of nitrogens with zero attached hydrogens (tertiary/aromatic N) is 1. The molecule has 1 fully saturated rings. The van der Waals surface area contributed by atoms with E-state index in [1.54, 1.807) is 31.4 Å². The SMILES string of the molecule is COC1CN(c2ccccc2C(=O)O)CC1O. The Hall–Kier alpha value is -1.59. The molecule has 2 rings (SSSR count). The van der Waals surface area contributed by atoms with Crippen LogP contribution in [0.4, 0.5) is 5.69 Å². The van der Waals surface area contributed by atoms with Crippen LogP contribution in [0.5, 0.6) is 0 Å². The minimum Gasteiger partial charge on any atom is -0.478 e. The molecule has 1 aromatic carbocycles. The maximum atomic E-state index is 11.1. The molecular weight excluding hydrogens is 222 g/mol. The fraction of sp³-hybridized carbons (Fsp3) is 0.417. The van der Waals surface area contributed by atoms with Crippen LogP contribution in [0.15, 0.2) is 24.3 Å². The van der Waals surface area contributed by atoms with E-state index in [2.05, 4.69) is 0 Å². The Balaban J connectivity index is 2.27. The van der Waals surface area contributed by atoms with Crippen LogP contribution in [0, 0.1) is 0 Å². The van der Waals surface area contributed by atoms with Crippen LogP contribution in [-0.2, 0) is 4.74 Å². The summed E-state index contributed by atoms with van der Waals surface area (Å²) in [6.45, 7) is 0.894. The predicted octanol–water partition coefficient (Wildman–Crippen LogP) is 0.581. The topological polar surface area (TPSA) is 70.0 Å². The van der Waals surface area contributed by atoms with Gasteiger partial charge in [-0.25, -0.2) is 4.79 Å². The van der Waals surface area contributed by atoms with Crippen LogP contribution in [0.25, 0.3) is 0 Å². The normalized spacial score (nSPS) is 24.0. The van der Waals surface area contributed by atoms with Crippen LogP contribution < -0.4 is 4.90 Å². The number of carbonyl (C=O) groups is 1. The highest BCUT2D eigenvalue weighted by molar-refractivity contribution is 5.94. The largest absolute Gasteiger partial charge is 0.478 e. The number of para-hydroxylation sites is 1. The molecule has 0 spiro atoms. The summed E-state index contributed by atoms with van der Waals surface area (Å²) in [5, 5.41) is 18.8. The maximum Gasteiger partial charge on any atom is 0.337 e. The number of methoxy groups -OCH3 is 1. The van der Waals surface area contributed by atoms with Crippen molar-refractivity contribution in [1.82, 2.24) is 0 Å². The molecule has 1 heterocycles. The summed E-state index contributed by atoms with van der Waals surface area (Å²) in [5.41, 5.74) is 0.870. The van der Waals surface area contributed by atoms with Gasteiger partial charge >= 0.3 is 5.97 Å². The van der Waals surface area contributed by atoms with Gasteiger partial charge in [0.1, 0.15) is 6.10 Å². The molecule has 2 N–H and O–H groups in total. The number of hydrogen-bond acceptors (Lipinski definition) is 4. The molecule has 1 saturated heterocycles. The van der Waals surface area contributed by atoms with Gasteiger partial charge in [0.15, 0.2) is 0 Å². The predicted molar refractivity (Wildman–Crippen MR) is 62.4 cm³/mol. The van der Waals surface area contributed by atoms with E-state index < -0.39 is 12.1 Å². The summed E-state index contributed by atoms with van der Waals surface area (Å²) in [6.07, 6.45) is -0.848. The van der Waals surface area contributed by atoms with Crippen molar-refractivity contribution in [3.05, 3.63) is 29.8 Å². The highest BCUT2D eigenvalue weighted by Gasteiger charge is 2.32. The number of carboxylic acids is 1. The molecule has 17 heavy (non-hydrogen) atoms. The number of hydrogen-bond donors (Lipinski definition) is 2. The second-order valence-corrected chi connectivity index (χ2v) is 4.07. The van der Waals surface area contributed by atoms with E-state index >= 15 is 0 Å². The van der Waals surface area contributed by atoms with Gasteiger partial charge in [0.25, 0.3) is 0 Å². The van der Waals surface area contributed by atoms with Gasteiger partial charge in [-0.05, 0) is 12.1 Å². The summed E-state index contributed by atoms with van der Waals surface area (Å²) >= 11 is 0. The van der Waals surface area contributed by atoms with Gasteiger partial charge in [-0.1, -0.05) is 12.1 Å². The van der Waals surface area contributed by atoms with Gasteiger partial charge in [0.2, 0.25) is 0 Å². The number of rotatable bonds is 3. The lowest BCUT2D eigenvalue weighted by atomic mass is 10.1. The van der Waals surface area contributed by atoms with Crippen LogP contribution in [0.3, 0.4) is 0 Å². The fourth-order valence-corrected chi connectivity index (χ4v) is 2.12. The Bertz CT molecular complexity index is 421. The Morgan fingerprint density at radius 1 is 1.41 bits per heavy atom. The van der Waals surface area contributed by atoms with Gasteiger partial charge in [-0.15, -0.1) is 0 Å². The molecule has 5 heteroatoms. The third-order valence-electron chi connectivity index (χ3n) is 3.01. The average molecular weight is 237 g/mol. The van der Waals surface area contributed by atoms with Gasteiger partial charge < -0.3 is 19.8 Å². The number of β-amino-alcohol motifs (C(OH)–C–C–N with tert-alkyl or cyclic N) is 1. The van der Waals surface area contributed by atoms with E-state index in [9.17, 15) is 9.90 Å². The minimum absolute atomic E-state index is 0.247. The second kappa shape index (κ2) is 4.73. The molecule has 1 aromatic rings. The average Bonchev–Trinajstić information content (AvgIpc) is 2.70. The van der Waals surface area contributed by atoms with Crippen LogP contribution in [0.1, 0.15) is 10.4 Å². The summed E-state index contributed by atoms with van der Waals surface area (Å²) < 4.78 is 5.14. The van der Waals surface area contributed by atoms with Crippen molar-refractivity contribution in [2.24, 2.45) is 0 Å². The van der Waals surface area contributed by atoms with Crippen molar-refractivity contribution in [3.63, 3.8) is 0 Å². The standard InChI is InChI=1S/C12H15NO4/c1-17-11-7-13(6-10(11)14)9-5-3-2-4-8(9)12(15)16/h2-5,10-11,14H,6-7H2,1H3,(H,15,16). The lowest BCUT2D eigenvalue weighted by molar-refractivity contribution is 0.0217. The summed E-state index contributed by atoms with van der Waals surface area (Å²) in [6, 6.07) is 6.78. The van der Waals surface area contributed by atoms with E-state index in [1.165, 1.54) is 0 Å². The van der Waals surface area contributed by atoms with Gasteiger partial charge in [0.05, 0.1) is 17.4 Å². The molecule has 0 saturated carbocycles. The highest BCUT2D eigenvalue weighted by atomic mass is 16.5. The maximum absolute atomic E-state index is 11.1. The number of carboxylic acid groups (broad SMARTS) is 1. The molecule has 1 aliphatic rings. The highest BCUT2D eigenvalue weighted by Crippen LogP contribution is 2.25. The van der Waals surface area contributed by atoms with Gasteiger partial charge in [-0.3, -0.25) is 0 Å². The molecule has 92 valence electrons. The van der Waals surface area contributed by atoms with Crippen LogP contribution >= 0.6 is 0 Å².